The third-order valence-corrected chi connectivity index (χ3v) is 3.44. The molecule has 0 unspecified atom stereocenters. The number of nitrogens with one attached hydrogen (secondary N) is 1. The minimum absolute atomic E-state index is 0.211. The lowest BCUT2D eigenvalue weighted by Gasteiger charge is -2.28. The lowest BCUT2D eigenvalue weighted by atomic mass is 9.82. The van der Waals surface area contributed by atoms with Crippen molar-refractivity contribution in [2.24, 2.45) is 16.3 Å². The maximum absolute atomic E-state index is 5.57. The monoisotopic (exact) mass is 213 g/mol. The zero-order chi connectivity index (χ0) is 11.1. The summed E-state index contributed by atoms with van der Waals surface area (Å²) in [6.07, 6.45) is 6.11. The molecule has 88 valence electrons. The van der Waals surface area contributed by atoms with Gasteiger partial charge in [-0.15, -0.1) is 0 Å². The van der Waals surface area contributed by atoms with E-state index in [1.54, 1.807) is 7.11 Å². The standard InChI is InChI=1S/C11H23N3O/c1-3-11(6-4-5-7-11)10(14-12)13-8-9-15-2/h3-9,12H2,1-2H3,(H,13,14). The van der Waals surface area contributed by atoms with Gasteiger partial charge >= 0.3 is 0 Å². The molecule has 0 aromatic heterocycles. The molecule has 1 aliphatic carbocycles. The van der Waals surface area contributed by atoms with E-state index in [1.165, 1.54) is 25.7 Å². The molecule has 0 saturated heterocycles. The van der Waals surface area contributed by atoms with E-state index >= 15 is 0 Å². The van der Waals surface area contributed by atoms with Crippen molar-refractivity contribution < 1.29 is 4.74 Å². The second kappa shape index (κ2) is 6.08. The quantitative estimate of drug-likeness (QED) is 0.239. The molecule has 1 aliphatic rings. The molecule has 0 heterocycles. The summed E-state index contributed by atoms with van der Waals surface area (Å²) >= 11 is 0. The van der Waals surface area contributed by atoms with Gasteiger partial charge in [0, 0.05) is 12.5 Å². The Labute approximate surface area is 92.3 Å². The van der Waals surface area contributed by atoms with E-state index in [2.05, 4.69) is 17.3 Å². The highest BCUT2D eigenvalue weighted by Gasteiger charge is 2.36. The molecule has 4 heteroatoms. The van der Waals surface area contributed by atoms with Gasteiger partial charge in [-0.05, 0) is 19.3 Å². The number of nitrogens with zero attached hydrogens (tertiary/aromatic N) is 1. The number of ether oxygens (including phenoxy) is 1. The first-order valence-corrected chi connectivity index (χ1v) is 5.79. The van der Waals surface area contributed by atoms with Crippen LogP contribution in [0, 0.1) is 5.41 Å². The van der Waals surface area contributed by atoms with Crippen molar-refractivity contribution in [3.63, 3.8) is 0 Å². The molecule has 0 spiro atoms. The molecule has 0 aliphatic heterocycles. The second-order valence-corrected chi connectivity index (χ2v) is 4.21. The van der Waals surface area contributed by atoms with Crippen molar-refractivity contribution in [2.75, 3.05) is 20.3 Å². The summed E-state index contributed by atoms with van der Waals surface area (Å²) in [5.41, 5.74) is 3.00. The Morgan fingerprint density at radius 2 is 2.13 bits per heavy atom. The molecule has 1 rings (SSSR count). The molecular formula is C11H23N3O. The summed E-state index contributed by atoms with van der Waals surface area (Å²) in [5, 5.41) is 0. The molecule has 0 bridgehead atoms. The number of amidine groups is 1. The van der Waals surface area contributed by atoms with Crippen molar-refractivity contribution in [3.05, 3.63) is 0 Å². The van der Waals surface area contributed by atoms with Crippen LogP contribution in [0.4, 0.5) is 0 Å². The molecule has 0 aromatic rings. The van der Waals surface area contributed by atoms with Crippen LogP contribution in [0.2, 0.25) is 0 Å². The average molecular weight is 213 g/mol. The summed E-state index contributed by atoms with van der Waals surface area (Å²) in [6, 6.07) is 0. The van der Waals surface area contributed by atoms with Gasteiger partial charge < -0.3 is 10.2 Å². The van der Waals surface area contributed by atoms with Gasteiger partial charge in [0.15, 0.2) is 0 Å². The fraction of sp³-hybridized carbons (Fsp3) is 0.909. The zero-order valence-electron chi connectivity index (χ0n) is 9.88. The molecule has 4 nitrogen and oxygen atoms in total. The second-order valence-electron chi connectivity index (χ2n) is 4.21. The topological polar surface area (TPSA) is 59.6 Å². The van der Waals surface area contributed by atoms with E-state index in [1.807, 2.05) is 0 Å². The van der Waals surface area contributed by atoms with Crippen molar-refractivity contribution in [3.8, 4) is 0 Å². The first-order chi connectivity index (χ1) is 7.29. The Balaban J connectivity index is 2.65. The first-order valence-electron chi connectivity index (χ1n) is 5.79. The molecule has 3 N–H and O–H groups in total. The van der Waals surface area contributed by atoms with Gasteiger partial charge in [-0.25, -0.2) is 5.84 Å². The number of hydrazine groups is 1. The fourth-order valence-electron chi connectivity index (χ4n) is 2.42. The predicted octanol–water partition coefficient (Wildman–Crippen LogP) is 1.47. The van der Waals surface area contributed by atoms with Crippen molar-refractivity contribution >= 4 is 5.84 Å². The third kappa shape index (κ3) is 2.92. The number of hydrogen-bond acceptors (Lipinski definition) is 3. The number of hydrogen-bond donors (Lipinski definition) is 2. The smallest absolute Gasteiger partial charge is 0.117 e. The molecule has 1 fully saturated rings. The molecule has 0 amide bonds. The zero-order valence-corrected chi connectivity index (χ0v) is 9.88. The highest BCUT2D eigenvalue weighted by molar-refractivity contribution is 5.87. The number of nitrogens with two attached hydrogens (primary N) is 1. The van der Waals surface area contributed by atoms with Gasteiger partial charge in [0.05, 0.1) is 13.2 Å². The molecular weight excluding hydrogens is 190 g/mol. The van der Waals surface area contributed by atoms with E-state index in [0.29, 0.717) is 13.2 Å². The van der Waals surface area contributed by atoms with E-state index in [-0.39, 0.29) is 5.41 Å². The van der Waals surface area contributed by atoms with Crippen LogP contribution in [-0.2, 0) is 4.74 Å². The van der Waals surface area contributed by atoms with E-state index in [0.717, 1.165) is 12.3 Å². The fourth-order valence-corrected chi connectivity index (χ4v) is 2.42. The van der Waals surface area contributed by atoms with Crippen LogP contribution in [0.3, 0.4) is 0 Å². The van der Waals surface area contributed by atoms with E-state index in [9.17, 15) is 0 Å². The Hall–Kier alpha value is -0.610. The summed E-state index contributed by atoms with van der Waals surface area (Å²) in [4.78, 5) is 4.51. The van der Waals surface area contributed by atoms with Gasteiger partial charge in [-0.1, -0.05) is 19.8 Å². The van der Waals surface area contributed by atoms with Crippen molar-refractivity contribution in [2.45, 2.75) is 39.0 Å². The molecule has 0 aromatic carbocycles. The summed E-state index contributed by atoms with van der Waals surface area (Å²) in [6.45, 7) is 3.57. The lowest BCUT2D eigenvalue weighted by molar-refractivity contribution is 0.207. The van der Waals surface area contributed by atoms with Crippen LogP contribution >= 0.6 is 0 Å². The van der Waals surface area contributed by atoms with Crippen LogP contribution in [0.5, 0.6) is 0 Å². The van der Waals surface area contributed by atoms with Gasteiger partial charge in [0.25, 0.3) is 0 Å². The lowest BCUT2D eigenvalue weighted by Crippen LogP contribution is -2.43. The van der Waals surface area contributed by atoms with Crippen LogP contribution in [0.1, 0.15) is 39.0 Å². The Morgan fingerprint density at radius 1 is 1.47 bits per heavy atom. The first kappa shape index (κ1) is 12.5. The minimum atomic E-state index is 0.211. The Bertz CT molecular complexity index is 210. The average Bonchev–Trinajstić information content (AvgIpc) is 2.74. The highest BCUT2D eigenvalue weighted by Crippen LogP contribution is 2.41. The number of rotatable bonds is 5. The summed E-state index contributed by atoms with van der Waals surface area (Å²) in [5.74, 6) is 6.55. The molecule has 0 atom stereocenters. The van der Waals surface area contributed by atoms with E-state index < -0.39 is 0 Å². The summed E-state index contributed by atoms with van der Waals surface area (Å²) in [7, 11) is 1.69. The van der Waals surface area contributed by atoms with Crippen LogP contribution in [-0.4, -0.2) is 26.1 Å². The Kier molecular flexibility index (Phi) is 5.05. The van der Waals surface area contributed by atoms with Crippen molar-refractivity contribution in [1.82, 2.24) is 5.43 Å². The van der Waals surface area contributed by atoms with Gasteiger partial charge in [-0.3, -0.25) is 4.99 Å². The third-order valence-electron chi connectivity index (χ3n) is 3.44. The van der Waals surface area contributed by atoms with Crippen molar-refractivity contribution in [1.29, 1.82) is 0 Å². The maximum atomic E-state index is 5.57. The van der Waals surface area contributed by atoms with Crippen LogP contribution in [0.15, 0.2) is 4.99 Å². The molecule has 1 saturated carbocycles. The summed E-state index contributed by atoms with van der Waals surface area (Å²) < 4.78 is 4.99. The molecule has 0 radical (unpaired) electrons. The number of aliphatic imine (C=N–C) groups is 1. The van der Waals surface area contributed by atoms with Crippen LogP contribution in [0.25, 0.3) is 0 Å². The van der Waals surface area contributed by atoms with Gasteiger partial charge in [0.1, 0.15) is 5.84 Å². The largest absolute Gasteiger partial charge is 0.383 e. The maximum Gasteiger partial charge on any atom is 0.117 e. The predicted molar refractivity (Wildman–Crippen MR) is 62.7 cm³/mol. The van der Waals surface area contributed by atoms with Gasteiger partial charge in [-0.2, -0.15) is 0 Å². The number of methoxy groups -OCH3 is 1. The SMILES string of the molecule is CCC1(C(=NCCOC)NN)CCCC1. The highest BCUT2D eigenvalue weighted by atomic mass is 16.5. The van der Waals surface area contributed by atoms with Gasteiger partial charge in [0.2, 0.25) is 0 Å². The minimum Gasteiger partial charge on any atom is -0.383 e. The van der Waals surface area contributed by atoms with E-state index in [4.69, 9.17) is 10.6 Å². The molecule has 15 heavy (non-hydrogen) atoms. The Morgan fingerprint density at radius 3 is 2.60 bits per heavy atom. The van der Waals surface area contributed by atoms with Crippen LogP contribution < -0.4 is 11.3 Å². The normalized spacial score (nSPS) is 20.6.